The molecule has 0 atom stereocenters. The molecule has 2 aromatic carbocycles. The third-order valence-electron chi connectivity index (χ3n) is 5.27. The number of amides is 2. The smallest absolute Gasteiger partial charge is 0.311 e. The zero-order chi connectivity index (χ0) is 23.4. The summed E-state index contributed by atoms with van der Waals surface area (Å²) in [5.41, 5.74) is 0.972. The standard InChI is InChI=1S/C22H25ClN4O5/c1-14(2)22(29)26-11-9-25(10-12-26)20-16(23)5-4-6-17(20)24-21(28)15-7-8-19(32-3)18(13-15)27(30)31/h4-8,13-14H,9-12H2,1-3H3,(H,24,28). The molecule has 3 rings (SSSR count). The van der Waals surface area contributed by atoms with E-state index in [1.165, 1.54) is 25.3 Å². The molecule has 1 N–H and O–H groups in total. The maximum absolute atomic E-state index is 12.9. The van der Waals surface area contributed by atoms with Gasteiger partial charge in [0.1, 0.15) is 0 Å². The Labute approximate surface area is 191 Å². The molecule has 170 valence electrons. The molecule has 10 heteroatoms. The lowest BCUT2D eigenvalue weighted by atomic mass is 10.1. The second-order valence-corrected chi connectivity index (χ2v) is 8.11. The van der Waals surface area contributed by atoms with E-state index in [1.54, 1.807) is 18.2 Å². The maximum atomic E-state index is 12.9. The molecular formula is C22H25ClN4O5. The summed E-state index contributed by atoms with van der Waals surface area (Å²) in [6.45, 7) is 6.00. The topological polar surface area (TPSA) is 105 Å². The summed E-state index contributed by atoms with van der Waals surface area (Å²) >= 11 is 6.47. The number of anilines is 2. The van der Waals surface area contributed by atoms with E-state index in [0.717, 1.165) is 0 Å². The van der Waals surface area contributed by atoms with Crippen molar-refractivity contribution in [3.8, 4) is 5.75 Å². The Bertz CT molecular complexity index is 1030. The number of rotatable bonds is 6. The Morgan fingerprint density at radius 1 is 1.16 bits per heavy atom. The second kappa shape index (κ2) is 9.86. The number of nitro groups is 1. The highest BCUT2D eigenvalue weighted by Gasteiger charge is 2.26. The lowest BCUT2D eigenvalue weighted by molar-refractivity contribution is -0.385. The van der Waals surface area contributed by atoms with Gasteiger partial charge in [-0.15, -0.1) is 0 Å². The van der Waals surface area contributed by atoms with Crippen LogP contribution in [0.5, 0.6) is 5.75 Å². The van der Waals surface area contributed by atoms with E-state index in [4.69, 9.17) is 16.3 Å². The van der Waals surface area contributed by atoms with Crippen molar-refractivity contribution in [1.82, 2.24) is 4.90 Å². The molecule has 32 heavy (non-hydrogen) atoms. The van der Waals surface area contributed by atoms with Gasteiger partial charge in [-0.2, -0.15) is 0 Å². The van der Waals surface area contributed by atoms with Crippen molar-refractivity contribution in [1.29, 1.82) is 0 Å². The Balaban J connectivity index is 1.81. The van der Waals surface area contributed by atoms with Gasteiger partial charge in [0.25, 0.3) is 5.91 Å². The fraction of sp³-hybridized carbons (Fsp3) is 0.364. The van der Waals surface area contributed by atoms with E-state index < -0.39 is 10.8 Å². The highest BCUT2D eigenvalue weighted by atomic mass is 35.5. The predicted octanol–water partition coefficient (Wildman–Crippen LogP) is 3.81. The average molecular weight is 461 g/mol. The van der Waals surface area contributed by atoms with Gasteiger partial charge in [-0.25, -0.2) is 0 Å². The molecule has 0 radical (unpaired) electrons. The minimum absolute atomic E-state index is 0.0646. The van der Waals surface area contributed by atoms with Crippen LogP contribution in [0.3, 0.4) is 0 Å². The molecular weight excluding hydrogens is 436 g/mol. The number of hydrogen-bond acceptors (Lipinski definition) is 6. The molecule has 0 spiro atoms. The van der Waals surface area contributed by atoms with E-state index in [1.807, 2.05) is 23.6 Å². The molecule has 2 aromatic rings. The number of hydrogen-bond donors (Lipinski definition) is 1. The summed E-state index contributed by atoms with van der Waals surface area (Å²) in [4.78, 5) is 39.7. The first kappa shape index (κ1) is 23.3. The van der Waals surface area contributed by atoms with Crippen LogP contribution < -0.4 is 15.0 Å². The lowest BCUT2D eigenvalue weighted by Gasteiger charge is -2.38. The largest absolute Gasteiger partial charge is 0.490 e. The number of nitrogens with zero attached hydrogens (tertiary/aromatic N) is 3. The number of nitro benzene ring substituents is 1. The number of para-hydroxylation sites is 1. The molecule has 9 nitrogen and oxygen atoms in total. The van der Waals surface area contributed by atoms with Crippen LogP contribution in [0.1, 0.15) is 24.2 Å². The van der Waals surface area contributed by atoms with Crippen molar-refractivity contribution in [3.05, 3.63) is 57.1 Å². The SMILES string of the molecule is COc1ccc(C(=O)Nc2cccc(Cl)c2N2CCN(C(=O)C(C)C)CC2)cc1[N+](=O)[O-]. The number of carbonyl (C=O) groups excluding carboxylic acids is 2. The number of methoxy groups -OCH3 is 1. The van der Waals surface area contributed by atoms with Crippen LogP contribution >= 0.6 is 11.6 Å². The van der Waals surface area contributed by atoms with Crippen LogP contribution in [0.25, 0.3) is 0 Å². The van der Waals surface area contributed by atoms with Gasteiger partial charge in [0.15, 0.2) is 5.75 Å². The monoisotopic (exact) mass is 460 g/mol. The fourth-order valence-electron chi connectivity index (χ4n) is 3.62. The van der Waals surface area contributed by atoms with E-state index in [9.17, 15) is 19.7 Å². The molecule has 0 saturated carbocycles. The molecule has 0 bridgehead atoms. The van der Waals surface area contributed by atoms with Crippen molar-refractivity contribution >= 4 is 40.5 Å². The molecule has 0 aromatic heterocycles. The Kier molecular flexibility index (Phi) is 7.19. The third-order valence-corrected chi connectivity index (χ3v) is 5.58. The van der Waals surface area contributed by atoms with E-state index in [2.05, 4.69) is 5.32 Å². The molecule has 1 aliphatic rings. The summed E-state index contributed by atoms with van der Waals surface area (Å²) < 4.78 is 4.99. The van der Waals surface area contributed by atoms with E-state index in [0.29, 0.717) is 42.6 Å². The predicted molar refractivity (Wildman–Crippen MR) is 123 cm³/mol. The van der Waals surface area contributed by atoms with Gasteiger partial charge in [-0.3, -0.25) is 19.7 Å². The number of halogens is 1. The van der Waals surface area contributed by atoms with Gasteiger partial charge in [0.05, 0.1) is 28.4 Å². The molecule has 1 heterocycles. The molecule has 2 amide bonds. The number of carbonyl (C=O) groups is 2. The van der Waals surface area contributed by atoms with Gasteiger partial charge in [0.2, 0.25) is 5.91 Å². The Hall–Kier alpha value is -3.33. The van der Waals surface area contributed by atoms with Crippen LogP contribution in [-0.2, 0) is 4.79 Å². The summed E-state index contributed by atoms with van der Waals surface area (Å²) in [5.74, 6) is -0.389. The molecule has 0 unspecified atom stereocenters. The summed E-state index contributed by atoms with van der Waals surface area (Å²) in [7, 11) is 1.33. The van der Waals surface area contributed by atoms with Crippen molar-refractivity contribution in [3.63, 3.8) is 0 Å². The summed E-state index contributed by atoms with van der Waals surface area (Å²) in [6, 6.07) is 9.20. The van der Waals surface area contributed by atoms with Crippen LogP contribution in [0.2, 0.25) is 5.02 Å². The average Bonchev–Trinajstić information content (AvgIpc) is 2.78. The maximum Gasteiger partial charge on any atom is 0.311 e. The van der Waals surface area contributed by atoms with Gasteiger partial charge < -0.3 is 19.9 Å². The van der Waals surface area contributed by atoms with Gasteiger partial charge in [0, 0.05) is 43.7 Å². The number of piperazine rings is 1. The minimum Gasteiger partial charge on any atom is -0.490 e. The Morgan fingerprint density at radius 2 is 1.84 bits per heavy atom. The highest BCUT2D eigenvalue weighted by Crippen LogP contribution is 2.35. The van der Waals surface area contributed by atoms with Crippen molar-refractivity contribution in [2.24, 2.45) is 5.92 Å². The number of benzene rings is 2. The van der Waals surface area contributed by atoms with E-state index >= 15 is 0 Å². The van der Waals surface area contributed by atoms with Crippen LogP contribution in [0, 0.1) is 16.0 Å². The van der Waals surface area contributed by atoms with Gasteiger partial charge in [-0.1, -0.05) is 31.5 Å². The minimum atomic E-state index is -0.599. The summed E-state index contributed by atoms with van der Waals surface area (Å²) in [5, 5.41) is 14.6. The van der Waals surface area contributed by atoms with Crippen molar-refractivity contribution in [2.75, 3.05) is 43.5 Å². The highest BCUT2D eigenvalue weighted by molar-refractivity contribution is 6.34. The third kappa shape index (κ3) is 4.94. The molecule has 1 aliphatic heterocycles. The molecule has 1 fully saturated rings. The number of nitrogens with one attached hydrogen (secondary N) is 1. The zero-order valence-corrected chi connectivity index (χ0v) is 18.9. The zero-order valence-electron chi connectivity index (χ0n) is 18.1. The lowest BCUT2D eigenvalue weighted by Crippen LogP contribution is -2.50. The van der Waals surface area contributed by atoms with Crippen molar-refractivity contribution < 1.29 is 19.2 Å². The fourth-order valence-corrected chi connectivity index (χ4v) is 3.92. The quantitative estimate of drug-likeness (QED) is 0.519. The van der Waals surface area contributed by atoms with E-state index in [-0.39, 0.29) is 28.8 Å². The summed E-state index contributed by atoms with van der Waals surface area (Å²) in [6.07, 6.45) is 0. The Morgan fingerprint density at radius 3 is 2.44 bits per heavy atom. The van der Waals surface area contributed by atoms with Crippen molar-refractivity contribution in [2.45, 2.75) is 13.8 Å². The van der Waals surface area contributed by atoms with Gasteiger partial charge in [-0.05, 0) is 24.3 Å². The van der Waals surface area contributed by atoms with Gasteiger partial charge >= 0.3 is 5.69 Å². The normalized spacial score (nSPS) is 13.8. The second-order valence-electron chi connectivity index (χ2n) is 7.70. The first-order chi connectivity index (χ1) is 15.2. The first-order valence-corrected chi connectivity index (χ1v) is 10.6. The molecule has 1 saturated heterocycles. The number of ether oxygens (including phenoxy) is 1. The first-order valence-electron chi connectivity index (χ1n) is 10.2. The van der Waals surface area contributed by atoms with Crippen LogP contribution in [0.15, 0.2) is 36.4 Å². The van der Waals surface area contributed by atoms with Crippen LogP contribution in [-0.4, -0.2) is 54.9 Å². The molecule has 0 aliphatic carbocycles. The van der Waals surface area contributed by atoms with Crippen LogP contribution in [0.4, 0.5) is 17.1 Å².